The summed E-state index contributed by atoms with van der Waals surface area (Å²) >= 11 is 0. The van der Waals surface area contributed by atoms with Gasteiger partial charge in [0.05, 0.1) is 4.90 Å². The first-order chi connectivity index (χ1) is 12.8. The number of ether oxygens (including phenoxy) is 1. The second kappa shape index (κ2) is 9.01. The number of hydrogen-bond donors (Lipinski definition) is 1. The predicted octanol–water partition coefficient (Wildman–Crippen LogP) is 3.43. The number of benzene rings is 2. The normalized spacial score (nSPS) is 12.6. The van der Waals surface area contributed by atoms with Gasteiger partial charge in [-0.2, -0.15) is 4.31 Å². The van der Waals surface area contributed by atoms with E-state index in [1.807, 2.05) is 25.1 Å². The molecule has 0 saturated carbocycles. The van der Waals surface area contributed by atoms with Crippen molar-refractivity contribution in [2.45, 2.75) is 38.7 Å². The van der Waals surface area contributed by atoms with E-state index < -0.39 is 16.1 Å². The number of carbonyl (C=O) groups is 1. The Labute approximate surface area is 161 Å². The number of aryl methyl sites for hydroxylation is 1. The number of nitrogens with zero attached hydrogens (tertiary/aromatic N) is 1. The third-order valence-electron chi connectivity index (χ3n) is 4.12. The Bertz CT molecular complexity index is 892. The summed E-state index contributed by atoms with van der Waals surface area (Å²) in [6.07, 6.45) is -0.727. The summed E-state index contributed by atoms with van der Waals surface area (Å²) in [5.74, 6) is 0.254. The van der Waals surface area contributed by atoms with Crippen LogP contribution < -0.4 is 10.1 Å². The average molecular weight is 391 g/mol. The van der Waals surface area contributed by atoms with Crippen LogP contribution in [0, 0.1) is 6.92 Å². The van der Waals surface area contributed by atoms with Crippen LogP contribution in [0.5, 0.6) is 5.75 Å². The van der Waals surface area contributed by atoms with Crippen molar-refractivity contribution in [3.63, 3.8) is 0 Å². The van der Waals surface area contributed by atoms with Crippen LogP contribution in [0.4, 0.5) is 5.69 Å². The zero-order valence-electron chi connectivity index (χ0n) is 16.1. The van der Waals surface area contributed by atoms with Crippen LogP contribution in [-0.4, -0.2) is 37.8 Å². The van der Waals surface area contributed by atoms with Crippen molar-refractivity contribution in [1.29, 1.82) is 0 Å². The zero-order chi connectivity index (χ0) is 20.0. The van der Waals surface area contributed by atoms with Crippen LogP contribution in [0.1, 0.15) is 26.3 Å². The fraction of sp³-hybridized carbons (Fsp3) is 0.350. The SMILES string of the molecule is CCN(CC)S(=O)(=O)c1cccc(NC(=O)[C@@H](C)Oc2cccc(C)c2)c1. The predicted molar refractivity (Wildman–Crippen MR) is 106 cm³/mol. The van der Waals surface area contributed by atoms with E-state index >= 15 is 0 Å². The van der Waals surface area contributed by atoms with E-state index in [9.17, 15) is 13.2 Å². The lowest BCUT2D eigenvalue weighted by Crippen LogP contribution is -2.31. The van der Waals surface area contributed by atoms with Gasteiger partial charge in [-0.1, -0.05) is 32.0 Å². The van der Waals surface area contributed by atoms with Crippen molar-refractivity contribution in [3.8, 4) is 5.75 Å². The summed E-state index contributed by atoms with van der Waals surface area (Å²) < 4.78 is 32.3. The summed E-state index contributed by atoms with van der Waals surface area (Å²) in [6.45, 7) is 7.94. The van der Waals surface area contributed by atoms with Crippen LogP contribution in [0.2, 0.25) is 0 Å². The van der Waals surface area contributed by atoms with Crippen molar-refractivity contribution in [1.82, 2.24) is 4.31 Å². The molecular weight excluding hydrogens is 364 g/mol. The standard InChI is InChI=1S/C20H26N2O4S/c1-5-22(6-2)27(24,25)19-12-8-10-17(14-19)21-20(23)16(4)26-18-11-7-9-15(3)13-18/h7-14,16H,5-6H2,1-4H3,(H,21,23)/t16-/m1/s1. The average Bonchev–Trinajstić information content (AvgIpc) is 2.62. The Morgan fingerprint density at radius 3 is 2.41 bits per heavy atom. The lowest BCUT2D eigenvalue weighted by molar-refractivity contribution is -0.122. The Morgan fingerprint density at radius 1 is 1.11 bits per heavy atom. The van der Waals surface area contributed by atoms with Gasteiger partial charge in [-0.15, -0.1) is 0 Å². The number of rotatable bonds is 8. The van der Waals surface area contributed by atoms with Gasteiger partial charge in [0, 0.05) is 18.8 Å². The Kier molecular flexibility index (Phi) is 6.98. The van der Waals surface area contributed by atoms with Crippen molar-refractivity contribution in [3.05, 3.63) is 54.1 Å². The maximum atomic E-state index is 12.6. The van der Waals surface area contributed by atoms with E-state index in [-0.39, 0.29) is 10.8 Å². The van der Waals surface area contributed by atoms with Gasteiger partial charge in [-0.3, -0.25) is 4.79 Å². The molecule has 1 atom stereocenters. The molecule has 2 aromatic rings. The zero-order valence-corrected chi connectivity index (χ0v) is 16.9. The lowest BCUT2D eigenvalue weighted by Gasteiger charge is -2.19. The largest absolute Gasteiger partial charge is 0.481 e. The monoisotopic (exact) mass is 390 g/mol. The van der Waals surface area contributed by atoms with Gasteiger partial charge in [0.2, 0.25) is 10.0 Å². The molecule has 6 nitrogen and oxygen atoms in total. The van der Waals surface area contributed by atoms with E-state index in [2.05, 4.69) is 5.32 Å². The molecule has 1 N–H and O–H groups in total. The lowest BCUT2D eigenvalue weighted by atomic mass is 10.2. The summed E-state index contributed by atoms with van der Waals surface area (Å²) in [4.78, 5) is 12.6. The minimum absolute atomic E-state index is 0.149. The van der Waals surface area contributed by atoms with Crippen molar-refractivity contribution in [2.75, 3.05) is 18.4 Å². The molecule has 7 heteroatoms. The summed E-state index contributed by atoms with van der Waals surface area (Å²) in [5, 5.41) is 2.72. The number of hydrogen-bond acceptors (Lipinski definition) is 4. The molecule has 0 bridgehead atoms. The molecule has 0 spiro atoms. The van der Waals surface area contributed by atoms with Crippen LogP contribution >= 0.6 is 0 Å². The topological polar surface area (TPSA) is 75.7 Å². The van der Waals surface area contributed by atoms with Crippen molar-refractivity contribution >= 4 is 21.6 Å². The van der Waals surface area contributed by atoms with Gasteiger partial charge >= 0.3 is 0 Å². The minimum atomic E-state index is -3.58. The number of nitrogens with one attached hydrogen (secondary N) is 1. The molecule has 0 unspecified atom stereocenters. The molecule has 0 aliphatic rings. The van der Waals surface area contributed by atoms with E-state index in [1.165, 1.54) is 16.4 Å². The second-order valence-corrected chi connectivity index (χ2v) is 8.12. The maximum Gasteiger partial charge on any atom is 0.265 e. The highest BCUT2D eigenvalue weighted by atomic mass is 32.2. The molecule has 2 rings (SSSR count). The Hall–Kier alpha value is -2.38. The van der Waals surface area contributed by atoms with Crippen LogP contribution in [0.3, 0.4) is 0 Å². The molecule has 0 radical (unpaired) electrons. The third-order valence-corrected chi connectivity index (χ3v) is 6.16. The van der Waals surface area contributed by atoms with Crippen molar-refractivity contribution < 1.29 is 17.9 Å². The quantitative estimate of drug-likeness (QED) is 0.749. The summed E-state index contributed by atoms with van der Waals surface area (Å²) in [7, 11) is -3.58. The van der Waals surface area contributed by atoms with Gasteiger partial charge in [-0.25, -0.2) is 8.42 Å². The molecule has 0 aromatic heterocycles. The first kappa shape index (κ1) is 20.9. The van der Waals surface area contributed by atoms with E-state index in [1.54, 1.807) is 39.0 Å². The van der Waals surface area contributed by atoms with Crippen LogP contribution in [0.25, 0.3) is 0 Å². The number of carbonyl (C=O) groups excluding carboxylic acids is 1. The molecule has 0 aliphatic heterocycles. The summed E-state index contributed by atoms with van der Waals surface area (Å²) in [5.41, 5.74) is 1.45. The molecule has 0 aliphatic carbocycles. The maximum absolute atomic E-state index is 12.6. The van der Waals surface area contributed by atoms with E-state index in [0.717, 1.165) is 5.56 Å². The summed E-state index contributed by atoms with van der Waals surface area (Å²) in [6, 6.07) is 13.7. The van der Waals surface area contributed by atoms with Gasteiger partial charge in [0.1, 0.15) is 5.75 Å². The van der Waals surface area contributed by atoms with Gasteiger partial charge < -0.3 is 10.1 Å². The van der Waals surface area contributed by atoms with E-state index in [0.29, 0.717) is 24.5 Å². The van der Waals surface area contributed by atoms with Crippen molar-refractivity contribution in [2.24, 2.45) is 0 Å². The number of anilines is 1. The minimum Gasteiger partial charge on any atom is -0.481 e. The van der Waals surface area contributed by atoms with Crippen LogP contribution in [-0.2, 0) is 14.8 Å². The molecule has 2 aromatic carbocycles. The molecule has 0 heterocycles. The molecule has 27 heavy (non-hydrogen) atoms. The Balaban J connectivity index is 2.12. The highest BCUT2D eigenvalue weighted by Crippen LogP contribution is 2.20. The molecule has 146 valence electrons. The van der Waals surface area contributed by atoms with E-state index in [4.69, 9.17) is 4.74 Å². The van der Waals surface area contributed by atoms with Crippen LogP contribution in [0.15, 0.2) is 53.4 Å². The smallest absolute Gasteiger partial charge is 0.265 e. The van der Waals surface area contributed by atoms with Gasteiger partial charge in [0.25, 0.3) is 5.91 Å². The highest BCUT2D eigenvalue weighted by molar-refractivity contribution is 7.89. The fourth-order valence-electron chi connectivity index (χ4n) is 2.64. The Morgan fingerprint density at radius 2 is 1.78 bits per heavy atom. The molecule has 0 fully saturated rings. The molecule has 0 saturated heterocycles. The molecular formula is C20H26N2O4S. The fourth-order valence-corrected chi connectivity index (χ4v) is 4.14. The number of sulfonamides is 1. The first-order valence-corrected chi connectivity index (χ1v) is 10.4. The number of amides is 1. The third kappa shape index (κ3) is 5.30. The first-order valence-electron chi connectivity index (χ1n) is 8.92. The van der Waals surface area contributed by atoms with Gasteiger partial charge in [0.15, 0.2) is 6.10 Å². The highest BCUT2D eigenvalue weighted by Gasteiger charge is 2.22. The van der Waals surface area contributed by atoms with Gasteiger partial charge in [-0.05, 0) is 49.7 Å². The molecule has 1 amide bonds. The second-order valence-electron chi connectivity index (χ2n) is 6.18.